The summed E-state index contributed by atoms with van der Waals surface area (Å²) in [5.74, 6) is 0.295. The van der Waals surface area contributed by atoms with Gasteiger partial charge in [0, 0.05) is 49.7 Å². The minimum Gasteiger partial charge on any atom is -0.480 e. The molecule has 38 heavy (non-hydrogen) atoms. The number of aryl methyl sites for hydroxylation is 2. The Balaban J connectivity index is 1.06. The van der Waals surface area contributed by atoms with Crippen molar-refractivity contribution >= 4 is 23.4 Å². The smallest absolute Gasteiger partial charge is 0.326 e. The van der Waals surface area contributed by atoms with Crippen molar-refractivity contribution in [3.05, 3.63) is 53.2 Å². The van der Waals surface area contributed by atoms with Crippen molar-refractivity contribution in [1.82, 2.24) is 15.2 Å². The van der Waals surface area contributed by atoms with Crippen LogP contribution in [0.25, 0.3) is 0 Å². The van der Waals surface area contributed by atoms with Gasteiger partial charge < -0.3 is 30.3 Å². The van der Waals surface area contributed by atoms with Gasteiger partial charge in [0.05, 0.1) is 13.2 Å². The molecule has 4 heterocycles. The molecule has 2 aromatic rings. The van der Waals surface area contributed by atoms with Gasteiger partial charge in [0.1, 0.15) is 11.9 Å². The Morgan fingerprint density at radius 1 is 1.13 bits per heavy atom. The number of aromatic nitrogens is 1. The first kappa shape index (κ1) is 26.4. The van der Waals surface area contributed by atoms with Crippen molar-refractivity contribution in [2.45, 2.75) is 44.6 Å². The Kier molecular flexibility index (Phi) is 8.75. The number of nitrogens with one attached hydrogen (secondary N) is 2. The van der Waals surface area contributed by atoms with E-state index in [9.17, 15) is 14.7 Å². The molecule has 1 amide bonds. The van der Waals surface area contributed by atoms with E-state index in [2.05, 4.69) is 32.6 Å². The third-order valence-electron chi connectivity index (χ3n) is 7.97. The largest absolute Gasteiger partial charge is 0.480 e. The second kappa shape index (κ2) is 12.6. The molecular weight excluding hydrogens is 482 g/mol. The summed E-state index contributed by atoms with van der Waals surface area (Å²) in [4.78, 5) is 34.0. The maximum atomic E-state index is 12.8. The van der Waals surface area contributed by atoms with E-state index in [-0.39, 0.29) is 5.91 Å². The van der Waals surface area contributed by atoms with E-state index in [0.717, 1.165) is 75.6 Å². The van der Waals surface area contributed by atoms with E-state index < -0.39 is 12.0 Å². The van der Waals surface area contributed by atoms with Gasteiger partial charge in [-0.2, -0.15) is 0 Å². The molecule has 1 aromatic heterocycles. The first-order valence-electron chi connectivity index (χ1n) is 14.0. The number of pyridine rings is 1. The summed E-state index contributed by atoms with van der Waals surface area (Å²) in [6.45, 7) is 6.64. The summed E-state index contributed by atoms with van der Waals surface area (Å²) in [5.41, 5.74) is 3.98. The number of fused-ring (bicyclic) bond motifs is 1. The van der Waals surface area contributed by atoms with Crippen LogP contribution in [-0.2, 0) is 22.4 Å². The normalized spacial score (nSPS) is 20.4. The number of carboxylic acids is 1. The molecule has 0 saturated carbocycles. The third kappa shape index (κ3) is 6.82. The molecule has 204 valence electrons. The van der Waals surface area contributed by atoms with Crippen LogP contribution in [0.4, 0.5) is 11.5 Å². The SMILES string of the molecule is O=C(N[C@@H](CCN1CC[C@@H](CCc2ccc3c(n2)NCCC3)C1)C(=O)O)c1ccc(N2CCOCC2)cc1. The average Bonchev–Trinajstić information content (AvgIpc) is 3.42. The van der Waals surface area contributed by atoms with Crippen LogP contribution in [0.1, 0.15) is 47.3 Å². The lowest BCUT2D eigenvalue weighted by molar-refractivity contribution is -0.139. The summed E-state index contributed by atoms with van der Waals surface area (Å²) >= 11 is 0. The lowest BCUT2D eigenvalue weighted by Gasteiger charge is -2.28. The highest BCUT2D eigenvalue weighted by molar-refractivity contribution is 5.96. The summed E-state index contributed by atoms with van der Waals surface area (Å²) in [5, 5.41) is 15.9. The molecular formula is C29H39N5O4. The molecule has 0 spiro atoms. The van der Waals surface area contributed by atoms with Crippen molar-refractivity contribution in [3.63, 3.8) is 0 Å². The number of carboxylic acid groups (broad SMARTS) is 1. The van der Waals surface area contributed by atoms with Crippen LogP contribution in [0, 0.1) is 5.92 Å². The number of ether oxygens (including phenoxy) is 1. The van der Waals surface area contributed by atoms with Crippen molar-refractivity contribution in [1.29, 1.82) is 0 Å². The van der Waals surface area contributed by atoms with Crippen molar-refractivity contribution in [2.24, 2.45) is 5.92 Å². The zero-order valence-corrected chi connectivity index (χ0v) is 22.0. The molecule has 1 aromatic carbocycles. The van der Waals surface area contributed by atoms with Crippen LogP contribution < -0.4 is 15.5 Å². The van der Waals surface area contributed by atoms with Gasteiger partial charge in [0.15, 0.2) is 0 Å². The molecule has 0 bridgehead atoms. The number of rotatable bonds is 10. The lowest BCUT2D eigenvalue weighted by atomic mass is 10.00. The number of hydrogen-bond donors (Lipinski definition) is 3. The Morgan fingerprint density at radius 2 is 1.95 bits per heavy atom. The fraction of sp³-hybridized carbons (Fsp3) is 0.552. The van der Waals surface area contributed by atoms with Gasteiger partial charge >= 0.3 is 5.97 Å². The highest BCUT2D eigenvalue weighted by Crippen LogP contribution is 2.24. The number of benzene rings is 1. The van der Waals surface area contributed by atoms with Crippen LogP contribution in [-0.4, -0.2) is 85.4 Å². The zero-order chi connectivity index (χ0) is 26.3. The van der Waals surface area contributed by atoms with Gasteiger partial charge in [-0.3, -0.25) is 4.79 Å². The number of carbonyl (C=O) groups is 2. The number of likely N-dealkylation sites (tertiary alicyclic amines) is 1. The topological polar surface area (TPSA) is 107 Å². The summed E-state index contributed by atoms with van der Waals surface area (Å²) in [6, 6.07) is 10.8. The molecule has 2 atom stereocenters. The quantitative estimate of drug-likeness (QED) is 0.438. The zero-order valence-electron chi connectivity index (χ0n) is 22.0. The van der Waals surface area contributed by atoms with Crippen LogP contribution in [0.3, 0.4) is 0 Å². The molecule has 9 nitrogen and oxygen atoms in total. The second-order valence-electron chi connectivity index (χ2n) is 10.6. The number of nitrogens with zero attached hydrogens (tertiary/aromatic N) is 3. The molecule has 3 N–H and O–H groups in total. The standard InChI is InChI=1S/C29H39N5O4/c35-28(23-5-9-25(10-6-23)34-16-18-38-19-17-34)32-26(29(36)37)12-15-33-14-11-21(20-33)3-7-24-8-4-22-2-1-13-30-27(22)31-24/h4-6,8-10,21,26H,1-3,7,11-20H2,(H,30,31)(H,32,35)(H,36,37)/t21-,26+/m1/s1. The van der Waals surface area contributed by atoms with Crippen LogP contribution in [0.2, 0.25) is 0 Å². The predicted molar refractivity (Wildman–Crippen MR) is 147 cm³/mol. The third-order valence-corrected chi connectivity index (χ3v) is 7.97. The molecule has 9 heteroatoms. The van der Waals surface area contributed by atoms with E-state index in [4.69, 9.17) is 9.72 Å². The maximum Gasteiger partial charge on any atom is 0.326 e. The first-order valence-corrected chi connectivity index (χ1v) is 14.0. The minimum atomic E-state index is -0.994. The summed E-state index contributed by atoms with van der Waals surface area (Å²) < 4.78 is 5.39. The number of anilines is 2. The molecule has 3 aliphatic heterocycles. The molecule has 0 unspecified atom stereocenters. The van der Waals surface area contributed by atoms with E-state index in [0.29, 0.717) is 37.7 Å². The average molecular weight is 522 g/mol. The highest BCUT2D eigenvalue weighted by Gasteiger charge is 2.26. The Bertz CT molecular complexity index is 1100. The number of carbonyl (C=O) groups excluding carboxylic acids is 1. The predicted octanol–water partition coefficient (Wildman–Crippen LogP) is 2.80. The van der Waals surface area contributed by atoms with Crippen LogP contribution in [0.15, 0.2) is 36.4 Å². The van der Waals surface area contributed by atoms with Crippen LogP contribution >= 0.6 is 0 Å². The number of hydrogen-bond acceptors (Lipinski definition) is 7. The van der Waals surface area contributed by atoms with Gasteiger partial charge in [-0.15, -0.1) is 0 Å². The van der Waals surface area contributed by atoms with Gasteiger partial charge in [0.2, 0.25) is 0 Å². The Labute approximate surface area is 224 Å². The summed E-state index contributed by atoms with van der Waals surface area (Å²) in [6.07, 6.45) is 5.82. The molecule has 0 aliphatic carbocycles. The molecule has 5 rings (SSSR count). The molecule has 2 fully saturated rings. The van der Waals surface area contributed by atoms with Gasteiger partial charge in [-0.25, -0.2) is 9.78 Å². The van der Waals surface area contributed by atoms with Gasteiger partial charge in [-0.1, -0.05) is 6.07 Å². The van der Waals surface area contributed by atoms with Crippen LogP contribution in [0.5, 0.6) is 0 Å². The highest BCUT2D eigenvalue weighted by atomic mass is 16.5. The second-order valence-corrected chi connectivity index (χ2v) is 10.6. The number of amides is 1. The van der Waals surface area contributed by atoms with Gasteiger partial charge in [-0.05, 0) is 86.9 Å². The van der Waals surface area contributed by atoms with E-state index in [1.807, 2.05) is 12.1 Å². The fourth-order valence-electron chi connectivity index (χ4n) is 5.67. The molecule has 0 radical (unpaired) electrons. The van der Waals surface area contributed by atoms with Crippen molar-refractivity contribution in [2.75, 3.05) is 62.7 Å². The lowest BCUT2D eigenvalue weighted by Crippen LogP contribution is -2.43. The summed E-state index contributed by atoms with van der Waals surface area (Å²) in [7, 11) is 0. The first-order chi connectivity index (χ1) is 18.5. The monoisotopic (exact) mass is 521 g/mol. The Hall–Kier alpha value is -3.17. The van der Waals surface area contributed by atoms with E-state index >= 15 is 0 Å². The number of aliphatic carboxylic acids is 1. The Morgan fingerprint density at radius 3 is 2.74 bits per heavy atom. The van der Waals surface area contributed by atoms with Crippen molar-refractivity contribution < 1.29 is 19.4 Å². The van der Waals surface area contributed by atoms with Crippen molar-refractivity contribution in [3.8, 4) is 0 Å². The van der Waals surface area contributed by atoms with E-state index in [1.165, 1.54) is 12.0 Å². The minimum absolute atomic E-state index is 0.350. The fourth-order valence-corrected chi connectivity index (χ4v) is 5.67. The number of morpholine rings is 1. The molecule has 2 saturated heterocycles. The molecule has 3 aliphatic rings. The maximum absolute atomic E-state index is 12.8. The van der Waals surface area contributed by atoms with Gasteiger partial charge in [0.25, 0.3) is 5.91 Å². The van der Waals surface area contributed by atoms with E-state index in [1.54, 1.807) is 12.1 Å².